The molecule has 0 atom stereocenters. The molecule has 0 bridgehead atoms. The van der Waals surface area contributed by atoms with Crippen LogP contribution in [0.5, 0.6) is 11.6 Å². The molecule has 0 aliphatic carbocycles. The van der Waals surface area contributed by atoms with Crippen molar-refractivity contribution in [1.82, 2.24) is 9.97 Å². The smallest absolute Gasteiger partial charge is 0.373 e. The normalized spacial score (nSPS) is 14.1. The number of anilines is 1. The second-order valence-electron chi connectivity index (χ2n) is 6.74. The van der Waals surface area contributed by atoms with Gasteiger partial charge in [-0.1, -0.05) is 0 Å². The molecule has 1 fully saturated rings. The number of esters is 2. The summed E-state index contributed by atoms with van der Waals surface area (Å²) in [6, 6.07) is 5.94. The zero-order valence-corrected chi connectivity index (χ0v) is 17.1. The van der Waals surface area contributed by atoms with Crippen molar-refractivity contribution >= 4 is 23.4 Å². The lowest BCUT2D eigenvalue weighted by molar-refractivity contribution is -0.385. The summed E-state index contributed by atoms with van der Waals surface area (Å²) in [5, 5.41) is 11.8. The second-order valence-corrected chi connectivity index (χ2v) is 6.74. The van der Waals surface area contributed by atoms with Crippen LogP contribution in [-0.2, 0) is 14.3 Å². The van der Waals surface area contributed by atoms with Crippen LogP contribution in [0.2, 0.25) is 0 Å². The monoisotopic (exact) mass is 430 g/mol. The molecule has 0 unspecified atom stereocenters. The Morgan fingerprint density at radius 3 is 2.45 bits per heavy atom. The molecule has 2 aromatic rings. The Hall–Kier alpha value is -3.76. The van der Waals surface area contributed by atoms with Crippen LogP contribution in [0.25, 0.3) is 0 Å². The molecule has 1 aromatic carbocycles. The standard InChI is InChI=1S/C20H22N4O7/c1-3-30-20(26)14-8-10-23(11-9-14)17-16(24(27)28)18(22-12-21-17)31-15-6-4-13(5-7-15)19(25)29-2/h4-7,12,14H,3,8-11H2,1-2H3. The predicted octanol–water partition coefficient (Wildman–Crippen LogP) is 2.74. The van der Waals surface area contributed by atoms with Gasteiger partial charge in [-0.3, -0.25) is 14.9 Å². The fraction of sp³-hybridized carbons (Fsp3) is 0.400. The summed E-state index contributed by atoms with van der Waals surface area (Å²) in [5.74, 6) is -0.814. The van der Waals surface area contributed by atoms with E-state index in [1.165, 1.54) is 37.7 Å². The van der Waals surface area contributed by atoms with Gasteiger partial charge >= 0.3 is 23.5 Å². The van der Waals surface area contributed by atoms with E-state index in [2.05, 4.69) is 14.7 Å². The molecule has 1 aliphatic rings. The van der Waals surface area contributed by atoms with Gasteiger partial charge in [0.05, 0.1) is 30.1 Å². The number of aromatic nitrogens is 2. The number of methoxy groups -OCH3 is 1. The van der Waals surface area contributed by atoms with Gasteiger partial charge in [-0.15, -0.1) is 0 Å². The maximum Gasteiger partial charge on any atom is 0.373 e. The molecule has 0 radical (unpaired) electrons. The summed E-state index contributed by atoms with van der Waals surface area (Å²) in [4.78, 5) is 44.4. The Morgan fingerprint density at radius 1 is 1.19 bits per heavy atom. The van der Waals surface area contributed by atoms with Gasteiger partial charge in [-0.2, -0.15) is 4.98 Å². The van der Waals surface area contributed by atoms with Crippen molar-refractivity contribution in [2.45, 2.75) is 19.8 Å². The van der Waals surface area contributed by atoms with Crippen LogP contribution >= 0.6 is 0 Å². The molecule has 3 rings (SSSR count). The Labute approximate surface area is 178 Å². The number of nitrogens with zero attached hydrogens (tertiary/aromatic N) is 4. The maximum absolute atomic E-state index is 11.9. The molecule has 1 aromatic heterocycles. The van der Waals surface area contributed by atoms with Gasteiger partial charge in [-0.25, -0.2) is 9.78 Å². The van der Waals surface area contributed by atoms with Crippen LogP contribution < -0.4 is 9.64 Å². The molecule has 164 valence electrons. The Morgan fingerprint density at radius 2 is 1.87 bits per heavy atom. The molecule has 0 N–H and O–H groups in total. The number of carbonyl (C=O) groups is 2. The van der Waals surface area contributed by atoms with Gasteiger partial charge in [0.25, 0.3) is 0 Å². The van der Waals surface area contributed by atoms with Crippen molar-refractivity contribution < 1.29 is 28.7 Å². The SMILES string of the molecule is CCOC(=O)C1CCN(c2ncnc(Oc3ccc(C(=O)OC)cc3)c2[N+](=O)[O-])CC1. The van der Waals surface area contributed by atoms with Gasteiger partial charge < -0.3 is 19.1 Å². The van der Waals surface area contributed by atoms with E-state index in [0.717, 1.165) is 0 Å². The first-order valence-corrected chi connectivity index (χ1v) is 9.71. The van der Waals surface area contributed by atoms with E-state index in [1.54, 1.807) is 11.8 Å². The summed E-state index contributed by atoms with van der Waals surface area (Å²) in [6.45, 7) is 2.89. The molecule has 31 heavy (non-hydrogen) atoms. The Kier molecular flexibility index (Phi) is 6.96. The van der Waals surface area contributed by atoms with Crippen molar-refractivity contribution in [1.29, 1.82) is 0 Å². The number of piperidine rings is 1. The van der Waals surface area contributed by atoms with Gasteiger partial charge in [0.2, 0.25) is 5.82 Å². The fourth-order valence-electron chi connectivity index (χ4n) is 3.30. The third-order valence-electron chi connectivity index (χ3n) is 4.86. The van der Waals surface area contributed by atoms with Crippen molar-refractivity contribution in [3.05, 3.63) is 46.3 Å². The highest BCUT2D eigenvalue weighted by Gasteiger charge is 2.33. The highest BCUT2D eigenvalue weighted by atomic mass is 16.6. The first-order chi connectivity index (χ1) is 14.9. The van der Waals surface area contributed by atoms with Crippen LogP contribution in [0, 0.1) is 16.0 Å². The fourth-order valence-corrected chi connectivity index (χ4v) is 3.30. The van der Waals surface area contributed by atoms with Crippen LogP contribution in [-0.4, -0.2) is 53.6 Å². The zero-order chi connectivity index (χ0) is 22.4. The highest BCUT2D eigenvalue weighted by molar-refractivity contribution is 5.89. The lowest BCUT2D eigenvalue weighted by Gasteiger charge is -2.31. The van der Waals surface area contributed by atoms with Gasteiger partial charge in [0.1, 0.15) is 12.1 Å². The number of hydrogen-bond acceptors (Lipinski definition) is 10. The lowest BCUT2D eigenvalue weighted by atomic mass is 9.97. The number of rotatable bonds is 7. The molecule has 0 amide bonds. The minimum absolute atomic E-state index is 0.128. The van der Waals surface area contributed by atoms with Crippen LogP contribution in [0.15, 0.2) is 30.6 Å². The zero-order valence-electron chi connectivity index (χ0n) is 17.1. The minimum atomic E-state index is -0.592. The largest absolute Gasteiger partial charge is 0.466 e. The molecule has 0 saturated carbocycles. The average molecular weight is 430 g/mol. The molecule has 11 nitrogen and oxygen atoms in total. The van der Waals surface area contributed by atoms with E-state index >= 15 is 0 Å². The third kappa shape index (κ3) is 5.05. The van der Waals surface area contributed by atoms with Crippen LogP contribution in [0.1, 0.15) is 30.1 Å². The Balaban J connectivity index is 1.80. The molecule has 1 saturated heterocycles. The summed E-state index contributed by atoms with van der Waals surface area (Å²) in [6.07, 6.45) is 2.20. The molecular weight excluding hydrogens is 408 g/mol. The van der Waals surface area contributed by atoms with Crippen LogP contribution in [0.3, 0.4) is 0 Å². The Bertz CT molecular complexity index is 957. The van der Waals surface area contributed by atoms with E-state index in [-0.39, 0.29) is 35.0 Å². The quantitative estimate of drug-likeness (QED) is 0.366. The number of ether oxygens (including phenoxy) is 3. The van der Waals surface area contributed by atoms with Crippen molar-refractivity contribution in [3.8, 4) is 11.6 Å². The first-order valence-electron chi connectivity index (χ1n) is 9.71. The topological polar surface area (TPSA) is 134 Å². The summed E-state index contributed by atoms with van der Waals surface area (Å²) in [7, 11) is 1.27. The maximum atomic E-state index is 11.9. The van der Waals surface area contributed by atoms with E-state index in [1.807, 2.05) is 0 Å². The van der Waals surface area contributed by atoms with E-state index in [9.17, 15) is 19.7 Å². The van der Waals surface area contributed by atoms with E-state index in [0.29, 0.717) is 38.1 Å². The molecule has 1 aliphatic heterocycles. The summed E-state index contributed by atoms with van der Waals surface area (Å²) in [5.41, 5.74) is -0.0497. The number of benzene rings is 1. The molecule has 0 spiro atoms. The second kappa shape index (κ2) is 9.83. The molecular formula is C20H22N4O7. The van der Waals surface area contributed by atoms with E-state index in [4.69, 9.17) is 9.47 Å². The predicted molar refractivity (Wildman–Crippen MR) is 108 cm³/mol. The minimum Gasteiger partial charge on any atom is -0.466 e. The third-order valence-corrected chi connectivity index (χ3v) is 4.86. The van der Waals surface area contributed by atoms with Gasteiger partial charge in [0.15, 0.2) is 0 Å². The van der Waals surface area contributed by atoms with Crippen LogP contribution in [0.4, 0.5) is 11.5 Å². The van der Waals surface area contributed by atoms with Gasteiger partial charge in [0, 0.05) is 13.1 Å². The van der Waals surface area contributed by atoms with Crippen molar-refractivity contribution in [2.24, 2.45) is 5.92 Å². The van der Waals surface area contributed by atoms with Crippen molar-refractivity contribution in [3.63, 3.8) is 0 Å². The van der Waals surface area contributed by atoms with Crippen molar-refractivity contribution in [2.75, 3.05) is 31.7 Å². The van der Waals surface area contributed by atoms with E-state index < -0.39 is 10.9 Å². The number of carbonyl (C=O) groups excluding carboxylic acids is 2. The first kappa shape index (κ1) is 21.9. The summed E-state index contributed by atoms with van der Waals surface area (Å²) < 4.78 is 15.3. The summed E-state index contributed by atoms with van der Waals surface area (Å²) >= 11 is 0. The lowest BCUT2D eigenvalue weighted by Crippen LogP contribution is -2.37. The van der Waals surface area contributed by atoms with Gasteiger partial charge in [-0.05, 0) is 44.0 Å². The molecule has 11 heteroatoms. The number of nitro groups is 1. The molecule has 2 heterocycles. The number of hydrogen-bond donors (Lipinski definition) is 0. The average Bonchev–Trinajstić information content (AvgIpc) is 2.79. The highest BCUT2D eigenvalue weighted by Crippen LogP contribution is 2.37.